The van der Waals surface area contributed by atoms with Gasteiger partial charge in [0.25, 0.3) is 0 Å². The Kier molecular flexibility index (Phi) is 4.71. The van der Waals surface area contributed by atoms with Gasteiger partial charge in [0.05, 0.1) is 6.61 Å². The highest BCUT2D eigenvalue weighted by molar-refractivity contribution is 5.38. The number of piperidine rings is 1. The first kappa shape index (κ1) is 14.2. The largest absolute Gasteiger partial charge is 0.395 e. The predicted octanol–water partition coefficient (Wildman–Crippen LogP) is 1.02. The van der Waals surface area contributed by atoms with Crippen molar-refractivity contribution in [2.75, 3.05) is 45.2 Å². The fraction of sp³-hybridized carbons (Fsp3) is 0.714. The highest BCUT2D eigenvalue weighted by Crippen LogP contribution is 2.26. The van der Waals surface area contributed by atoms with Gasteiger partial charge in [-0.05, 0) is 32.9 Å². The number of aromatic nitrogens is 2. The Morgan fingerprint density at radius 2 is 2.00 bits per heavy atom. The number of rotatable bonds is 4. The Morgan fingerprint density at radius 3 is 2.58 bits per heavy atom. The van der Waals surface area contributed by atoms with Crippen molar-refractivity contribution in [1.82, 2.24) is 14.9 Å². The molecule has 0 spiro atoms. The number of anilines is 1. The Morgan fingerprint density at radius 1 is 1.32 bits per heavy atom. The molecular formula is C14H24N4O. The second-order valence-corrected chi connectivity index (χ2v) is 5.46. The molecule has 0 amide bonds. The zero-order valence-corrected chi connectivity index (χ0v) is 12.1. The molecule has 0 atom stereocenters. The Balaban J connectivity index is 2.06. The minimum absolute atomic E-state index is 0.246. The number of hydrogen-bond acceptors (Lipinski definition) is 5. The van der Waals surface area contributed by atoms with Crippen LogP contribution >= 0.6 is 0 Å². The molecule has 19 heavy (non-hydrogen) atoms. The van der Waals surface area contributed by atoms with Crippen molar-refractivity contribution >= 4 is 5.82 Å². The van der Waals surface area contributed by atoms with Gasteiger partial charge in [-0.25, -0.2) is 9.97 Å². The Hall–Kier alpha value is -1.20. The number of aliphatic hydroxyl groups excluding tert-OH is 1. The lowest BCUT2D eigenvalue weighted by Gasteiger charge is -2.31. The van der Waals surface area contributed by atoms with Crippen molar-refractivity contribution in [3.8, 4) is 0 Å². The third-order valence-electron chi connectivity index (χ3n) is 3.69. The van der Waals surface area contributed by atoms with E-state index >= 15 is 0 Å². The van der Waals surface area contributed by atoms with Crippen LogP contribution in [0.25, 0.3) is 0 Å². The zero-order valence-electron chi connectivity index (χ0n) is 12.1. The average Bonchev–Trinajstić information content (AvgIpc) is 2.39. The van der Waals surface area contributed by atoms with Crippen molar-refractivity contribution in [3.05, 3.63) is 17.6 Å². The fourth-order valence-corrected chi connectivity index (χ4v) is 2.54. The average molecular weight is 264 g/mol. The quantitative estimate of drug-likeness (QED) is 0.880. The van der Waals surface area contributed by atoms with Gasteiger partial charge in [-0.1, -0.05) is 0 Å². The Bertz CT molecular complexity index is 414. The number of likely N-dealkylation sites (tertiary alicyclic amines) is 1. The first-order valence-electron chi connectivity index (χ1n) is 6.96. The van der Waals surface area contributed by atoms with E-state index in [9.17, 15) is 0 Å². The number of aliphatic hydroxyl groups is 1. The van der Waals surface area contributed by atoms with E-state index in [0.29, 0.717) is 5.92 Å². The van der Waals surface area contributed by atoms with Crippen molar-refractivity contribution in [1.29, 1.82) is 0 Å². The molecule has 0 saturated carbocycles. The summed E-state index contributed by atoms with van der Waals surface area (Å²) in [4.78, 5) is 13.6. The number of β-amino-alcohol motifs (C(OH)–C–C–N with tert-alkyl or cyclic N) is 1. The monoisotopic (exact) mass is 264 g/mol. The van der Waals surface area contributed by atoms with Gasteiger partial charge < -0.3 is 14.9 Å². The molecule has 1 saturated heterocycles. The lowest BCUT2D eigenvalue weighted by atomic mass is 9.96. The SMILES string of the molecule is Cc1cc(N(C)C)nc(C2CCN(CCO)CC2)n1. The van der Waals surface area contributed by atoms with E-state index in [0.717, 1.165) is 49.8 Å². The molecule has 5 nitrogen and oxygen atoms in total. The Labute approximate surface area is 115 Å². The summed E-state index contributed by atoms with van der Waals surface area (Å²) in [5.41, 5.74) is 1.03. The summed E-state index contributed by atoms with van der Waals surface area (Å²) < 4.78 is 0. The predicted molar refractivity (Wildman–Crippen MR) is 76.6 cm³/mol. The fourth-order valence-electron chi connectivity index (χ4n) is 2.54. The van der Waals surface area contributed by atoms with Gasteiger partial charge in [0.2, 0.25) is 0 Å². The minimum Gasteiger partial charge on any atom is -0.395 e. The summed E-state index contributed by atoms with van der Waals surface area (Å²) >= 11 is 0. The first-order valence-corrected chi connectivity index (χ1v) is 6.96. The van der Waals surface area contributed by atoms with Crippen LogP contribution in [0.3, 0.4) is 0 Å². The van der Waals surface area contributed by atoms with Gasteiger partial charge in [-0.3, -0.25) is 0 Å². The number of aryl methyl sites for hydroxylation is 1. The molecule has 1 aliphatic heterocycles. The molecule has 1 aromatic rings. The molecular weight excluding hydrogens is 240 g/mol. The van der Waals surface area contributed by atoms with Crippen LogP contribution in [0, 0.1) is 6.92 Å². The van der Waals surface area contributed by atoms with Crippen LogP contribution in [0.1, 0.15) is 30.3 Å². The summed E-state index contributed by atoms with van der Waals surface area (Å²) in [5, 5.41) is 8.96. The van der Waals surface area contributed by atoms with Crippen LogP contribution in [0.5, 0.6) is 0 Å². The molecule has 2 heterocycles. The van der Waals surface area contributed by atoms with E-state index < -0.39 is 0 Å². The van der Waals surface area contributed by atoms with Crippen LogP contribution < -0.4 is 4.90 Å². The standard InChI is InChI=1S/C14H24N4O/c1-11-10-13(17(2)3)16-14(15-11)12-4-6-18(7-5-12)8-9-19/h10,12,19H,4-9H2,1-3H3. The van der Waals surface area contributed by atoms with Crippen molar-refractivity contribution in [2.45, 2.75) is 25.7 Å². The highest BCUT2D eigenvalue weighted by atomic mass is 16.3. The summed E-state index contributed by atoms with van der Waals surface area (Å²) in [6, 6.07) is 2.02. The van der Waals surface area contributed by atoms with E-state index in [1.165, 1.54) is 0 Å². The highest BCUT2D eigenvalue weighted by Gasteiger charge is 2.23. The first-order chi connectivity index (χ1) is 9.10. The minimum atomic E-state index is 0.246. The van der Waals surface area contributed by atoms with Gasteiger partial charge in [0.15, 0.2) is 0 Å². The van der Waals surface area contributed by atoms with E-state index in [1.807, 2.05) is 32.0 Å². The number of nitrogens with zero attached hydrogens (tertiary/aromatic N) is 4. The third kappa shape index (κ3) is 3.64. The van der Waals surface area contributed by atoms with Gasteiger partial charge in [-0.2, -0.15) is 0 Å². The smallest absolute Gasteiger partial charge is 0.134 e. The molecule has 106 valence electrons. The summed E-state index contributed by atoms with van der Waals surface area (Å²) in [7, 11) is 4.02. The molecule has 1 fully saturated rings. The maximum absolute atomic E-state index is 8.96. The van der Waals surface area contributed by atoms with Gasteiger partial charge in [0, 0.05) is 38.3 Å². The van der Waals surface area contributed by atoms with Gasteiger partial charge in [-0.15, -0.1) is 0 Å². The molecule has 5 heteroatoms. The molecule has 1 aliphatic rings. The maximum atomic E-state index is 8.96. The maximum Gasteiger partial charge on any atom is 0.134 e. The molecule has 1 N–H and O–H groups in total. The molecule has 0 aromatic carbocycles. The lowest BCUT2D eigenvalue weighted by Crippen LogP contribution is -2.35. The molecule has 1 aromatic heterocycles. The topological polar surface area (TPSA) is 52.5 Å². The van der Waals surface area contributed by atoms with Crippen molar-refractivity contribution < 1.29 is 5.11 Å². The lowest BCUT2D eigenvalue weighted by molar-refractivity contribution is 0.162. The van der Waals surface area contributed by atoms with Crippen LogP contribution in [-0.2, 0) is 0 Å². The molecule has 0 radical (unpaired) electrons. The van der Waals surface area contributed by atoms with Gasteiger partial charge in [0.1, 0.15) is 11.6 Å². The second-order valence-electron chi connectivity index (χ2n) is 5.46. The van der Waals surface area contributed by atoms with Crippen molar-refractivity contribution in [2.24, 2.45) is 0 Å². The molecule has 0 unspecified atom stereocenters. The van der Waals surface area contributed by atoms with E-state index in [1.54, 1.807) is 0 Å². The van der Waals surface area contributed by atoms with Crippen LogP contribution in [-0.4, -0.2) is 60.3 Å². The zero-order chi connectivity index (χ0) is 13.8. The van der Waals surface area contributed by atoms with E-state index in [2.05, 4.69) is 14.9 Å². The van der Waals surface area contributed by atoms with E-state index in [4.69, 9.17) is 5.11 Å². The van der Waals surface area contributed by atoms with Crippen LogP contribution in [0.15, 0.2) is 6.07 Å². The summed E-state index contributed by atoms with van der Waals surface area (Å²) in [5.74, 6) is 2.42. The van der Waals surface area contributed by atoms with Crippen LogP contribution in [0.2, 0.25) is 0 Å². The number of hydrogen-bond donors (Lipinski definition) is 1. The van der Waals surface area contributed by atoms with E-state index in [-0.39, 0.29) is 6.61 Å². The molecule has 2 rings (SSSR count). The summed E-state index contributed by atoms with van der Waals surface area (Å²) in [6.07, 6.45) is 2.16. The van der Waals surface area contributed by atoms with Gasteiger partial charge >= 0.3 is 0 Å². The second kappa shape index (κ2) is 6.30. The third-order valence-corrected chi connectivity index (χ3v) is 3.69. The van der Waals surface area contributed by atoms with Crippen LogP contribution in [0.4, 0.5) is 5.82 Å². The normalized spacial score (nSPS) is 17.7. The molecule has 0 aliphatic carbocycles. The molecule has 0 bridgehead atoms. The summed E-state index contributed by atoms with van der Waals surface area (Å²) in [6.45, 7) is 5.11. The van der Waals surface area contributed by atoms with Crippen molar-refractivity contribution in [3.63, 3.8) is 0 Å².